The van der Waals surface area contributed by atoms with Crippen molar-refractivity contribution < 1.29 is 13.9 Å². The third kappa shape index (κ3) is 2.04. The maximum absolute atomic E-state index is 12.2. The van der Waals surface area contributed by atoms with Gasteiger partial charge in [0.05, 0.1) is 0 Å². The molecule has 1 N–H and O–H groups in total. The zero-order valence-corrected chi connectivity index (χ0v) is 7.59. The van der Waals surface area contributed by atoms with Crippen molar-refractivity contribution >= 4 is 0 Å². The Morgan fingerprint density at radius 1 is 1.23 bits per heavy atom. The average Bonchev–Trinajstić information content (AvgIpc) is 2.08. The summed E-state index contributed by atoms with van der Waals surface area (Å²) in [4.78, 5) is 0. The Bertz CT molecular complexity index is 297. The summed E-state index contributed by atoms with van der Waals surface area (Å²) in [7, 11) is 0. The number of halogens is 2. The second kappa shape index (κ2) is 3.83. The van der Waals surface area contributed by atoms with Crippen LogP contribution in [0.1, 0.15) is 22.8 Å². The van der Waals surface area contributed by atoms with Gasteiger partial charge in [0.15, 0.2) is 0 Å². The van der Waals surface area contributed by atoms with Gasteiger partial charge in [0, 0.05) is 0 Å². The lowest BCUT2D eigenvalue weighted by atomic mass is 9.99. The van der Waals surface area contributed by atoms with Crippen LogP contribution in [0.5, 0.6) is 0 Å². The zero-order chi connectivity index (χ0) is 10.0. The van der Waals surface area contributed by atoms with Crippen LogP contribution in [0.25, 0.3) is 0 Å². The van der Waals surface area contributed by atoms with Gasteiger partial charge in [-0.05, 0) is 30.5 Å². The number of hydrogen-bond donors (Lipinski definition) is 1. The summed E-state index contributed by atoms with van der Waals surface area (Å²) in [6, 6.07) is 5.03. The first kappa shape index (κ1) is 10.1. The van der Waals surface area contributed by atoms with Gasteiger partial charge in [0.2, 0.25) is 0 Å². The summed E-state index contributed by atoms with van der Waals surface area (Å²) < 4.78 is 24.4. The number of rotatable bonds is 2. The first-order valence-electron chi connectivity index (χ1n) is 4.06. The molecule has 1 unspecified atom stereocenters. The zero-order valence-electron chi connectivity index (χ0n) is 7.59. The Morgan fingerprint density at radius 3 is 2.38 bits per heavy atom. The van der Waals surface area contributed by atoms with E-state index in [0.29, 0.717) is 5.56 Å². The Kier molecular flexibility index (Phi) is 2.98. The number of alkyl halides is 2. The third-order valence-electron chi connectivity index (χ3n) is 2.20. The first-order chi connectivity index (χ1) is 6.04. The van der Waals surface area contributed by atoms with Crippen LogP contribution in [0.15, 0.2) is 18.2 Å². The van der Waals surface area contributed by atoms with E-state index in [2.05, 4.69) is 0 Å². The molecular weight excluding hydrogens is 174 g/mol. The van der Waals surface area contributed by atoms with Crippen LogP contribution in [0.4, 0.5) is 8.78 Å². The van der Waals surface area contributed by atoms with Gasteiger partial charge >= 0.3 is 0 Å². The number of benzene rings is 1. The maximum Gasteiger partial charge on any atom is 0.268 e. The van der Waals surface area contributed by atoms with Crippen LogP contribution < -0.4 is 0 Å². The minimum atomic E-state index is -2.72. The maximum atomic E-state index is 12.2. The second-order valence-corrected chi connectivity index (χ2v) is 3.07. The van der Waals surface area contributed by atoms with Crippen LogP contribution in [0.2, 0.25) is 0 Å². The molecule has 0 aliphatic carbocycles. The van der Waals surface area contributed by atoms with Gasteiger partial charge in [-0.3, -0.25) is 0 Å². The van der Waals surface area contributed by atoms with E-state index in [9.17, 15) is 8.78 Å². The SMILES string of the molecule is Cc1cccc(C(O)C(F)F)c1C. The number of aliphatic hydroxyl groups is 1. The molecule has 0 fully saturated rings. The van der Waals surface area contributed by atoms with Crippen molar-refractivity contribution in [2.75, 3.05) is 0 Å². The molecule has 0 saturated heterocycles. The highest BCUT2D eigenvalue weighted by molar-refractivity contribution is 5.34. The summed E-state index contributed by atoms with van der Waals surface area (Å²) in [5, 5.41) is 9.15. The molecule has 3 heteroatoms. The lowest BCUT2D eigenvalue weighted by Crippen LogP contribution is -2.10. The Hall–Kier alpha value is -0.960. The molecule has 0 heterocycles. The average molecular weight is 186 g/mol. The molecule has 0 bridgehead atoms. The summed E-state index contributed by atoms with van der Waals surface area (Å²) in [5.41, 5.74) is 1.96. The molecule has 72 valence electrons. The van der Waals surface area contributed by atoms with E-state index in [1.165, 1.54) is 6.07 Å². The highest BCUT2D eigenvalue weighted by atomic mass is 19.3. The molecule has 1 nitrogen and oxygen atoms in total. The molecule has 1 rings (SSSR count). The smallest absolute Gasteiger partial charge is 0.268 e. The first-order valence-corrected chi connectivity index (χ1v) is 4.06. The molecule has 0 aliphatic heterocycles. The highest BCUT2D eigenvalue weighted by Gasteiger charge is 2.20. The monoisotopic (exact) mass is 186 g/mol. The Labute approximate surface area is 76.0 Å². The normalized spacial score (nSPS) is 13.4. The summed E-state index contributed by atoms with van der Waals surface area (Å²) >= 11 is 0. The minimum absolute atomic E-state index is 0.315. The van der Waals surface area contributed by atoms with E-state index < -0.39 is 12.5 Å². The standard InChI is InChI=1S/C10H12F2O/c1-6-4-3-5-8(7(6)2)9(13)10(11)12/h3-5,9-10,13H,1-2H3. The fraction of sp³-hybridized carbons (Fsp3) is 0.400. The summed E-state index contributed by atoms with van der Waals surface area (Å²) in [5.74, 6) is 0. The van der Waals surface area contributed by atoms with E-state index in [-0.39, 0.29) is 0 Å². The molecule has 0 aliphatic rings. The topological polar surface area (TPSA) is 20.2 Å². The van der Waals surface area contributed by atoms with Gasteiger partial charge in [0.1, 0.15) is 6.10 Å². The van der Waals surface area contributed by atoms with E-state index in [0.717, 1.165) is 11.1 Å². The van der Waals surface area contributed by atoms with Crippen LogP contribution in [0, 0.1) is 13.8 Å². The highest BCUT2D eigenvalue weighted by Crippen LogP contribution is 2.24. The lowest BCUT2D eigenvalue weighted by Gasteiger charge is -2.13. The molecule has 0 amide bonds. The number of aryl methyl sites for hydroxylation is 1. The molecule has 13 heavy (non-hydrogen) atoms. The van der Waals surface area contributed by atoms with Crippen LogP contribution in [-0.2, 0) is 0 Å². The van der Waals surface area contributed by atoms with Crippen molar-refractivity contribution in [1.29, 1.82) is 0 Å². The molecule has 1 aromatic rings. The largest absolute Gasteiger partial charge is 0.382 e. The third-order valence-corrected chi connectivity index (χ3v) is 2.20. The van der Waals surface area contributed by atoms with Crippen molar-refractivity contribution in [3.63, 3.8) is 0 Å². The molecule has 0 spiro atoms. The van der Waals surface area contributed by atoms with E-state index in [1.807, 2.05) is 13.0 Å². The van der Waals surface area contributed by atoms with Crippen molar-refractivity contribution in [1.82, 2.24) is 0 Å². The van der Waals surface area contributed by atoms with E-state index in [1.54, 1.807) is 13.0 Å². The number of hydrogen-bond acceptors (Lipinski definition) is 1. The van der Waals surface area contributed by atoms with Crippen molar-refractivity contribution in [2.24, 2.45) is 0 Å². The molecule has 0 aromatic heterocycles. The quantitative estimate of drug-likeness (QED) is 0.752. The Balaban J connectivity index is 3.07. The van der Waals surface area contributed by atoms with Gasteiger partial charge in [-0.1, -0.05) is 18.2 Å². The Morgan fingerprint density at radius 2 is 1.85 bits per heavy atom. The molecule has 1 atom stereocenters. The van der Waals surface area contributed by atoms with Gasteiger partial charge in [-0.25, -0.2) is 8.78 Å². The van der Waals surface area contributed by atoms with Gasteiger partial charge < -0.3 is 5.11 Å². The lowest BCUT2D eigenvalue weighted by molar-refractivity contribution is -0.00615. The number of aliphatic hydroxyl groups excluding tert-OH is 1. The predicted octanol–water partition coefficient (Wildman–Crippen LogP) is 2.60. The molecular formula is C10H12F2O. The van der Waals surface area contributed by atoms with Gasteiger partial charge in [-0.2, -0.15) is 0 Å². The molecule has 0 saturated carbocycles. The second-order valence-electron chi connectivity index (χ2n) is 3.07. The predicted molar refractivity (Wildman–Crippen MR) is 46.9 cm³/mol. The molecule has 1 aromatic carbocycles. The van der Waals surface area contributed by atoms with Crippen LogP contribution >= 0.6 is 0 Å². The fourth-order valence-electron chi connectivity index (χ4n) is 1.23. The van der Waals surface area contributed by atoms with Crippen molar-refractivity contribution in [3.8, 4) is 0 Å². The van der Waals surface area contributed by atoms with Gasteiger partial charge in [-0.15, -0.1) is 0 Å². The molecule has 0 radical (unpaired) electrons. The summed E-state index contributed by atoms with van der Waals surface area (Å²) in [6.07, 6.45) is -4.39. The van der Waals surface area contributed by atoms with Crippen LogP contribution in [0.3, 0.4) is 0 Å². The summed E-state index contributed by atoms with van der Waals surface area (Å²) in [6.45, 7) is 3.56. The van der Waals surface area contributed by atoms with E-state index >= 15 is 0 Å². The van der Waals surface area contributed by atoms with E-state index in [4.69, 9.17) is 5.11 Å². The minimum Gasteiger partial charge on any atom is -0.382 e. The van der Waals surface area contributed by atoms with Gasteiger partial charge in [0.25, 0.3) is 6.43 Å². The van der Waals surface area contributed by atoms with Crippen molar-refractivity contribution in [3.05, 3.63) is 34.9 Å². The fourth-order valence-corrected chi connectivity index (χ4v) is 1.23. The van der Waals surface area contributed by atoms with Crippen molar-refractivity contribution in [2.45, 2.75) is 26.4 Å². The van der Waals surface area contributed by atoms with Crippen LogP contribution in [-0.4, -0.2) is 11.5 Å².